The van der Waals surface area contributed by atoms with Crippen molar-refractivity contribution < 1.29 is 19.1 Å². The number of ether oxygens (including phenoxy) is 2. The SMILES string of the molecule is COc1ccc(NC(=O)C2c3ccccc3Oc3ccccc32)cc1N1CCCC1=O. The molecule has 31 heavy (non-hydrogen) atoms. The van der Waals surface area contributed by atoms with Gasteiger partial charge in [-0.1, -0.05) is 36.4 Å². The van der Waals surface area contributed by atoms with Crippen LogP contribution in [0, 0.1) is 0 Å². The average molecular weight is 414 g/mol. The lowest BCUT2D eigenvalue weighted by Crippen LogP contribution is -2.26. The van der Waals surface area contributed by atoms with E-state index in [-0.39, 0.29) is 11.8 Å². The van der Waals surface area contributed by atoms with Crippen LogP contribution in [0.5, 0.6) is 17.2 Å². The molecule has 1 saturated heterocycles. The Morgan fingerprint density at radius 3 is 2.32 bits per heavy atom. The van der Waals surface area contributed by atoms with Gasteiger partial charge in [0.1, 0.15) is 17.2 Å². The Balaban J connectivity index is 1.49. The monoisotopic (exact) mass is 414 g/mol. The number of fused-ring (bicyclic) bond motifs is 2. The lowest BCUT2D eigenvalue weighted by Gasteiger charge is -2.27. The maximum Gasteiger partial charge on any atom is 0.236 e. The van der Waals surface area contributed by atoms with Gasteiger partial charge in [0, 0.05) is 29.8 Å². The van der Waals surface area contributed by atoms with E-state index in [2.05, 4.69) is 5.32 Å². The van der Waals surface area contributed by atoms with Crippen LogP contribution in [0.15, 0.2) is 66.7 Å². The standard InChI is InChI=1S/C25H22N2O4/c1-30-22-13-12-16(15-19(22)27-14-6-11-23(27)28)26-25(29)24-17-7-2-4-9-20(17)31-21-10-5-3-8-18(21)24/h2-5,7-10,12-13,15,24H,6,11,14H2,1H3,(H,26,29). The molecule has 0 radical (unpaired) electrons. The van der Waals surface area contributed by atoms with Crippen LogP contribution in [-0.2, 0) is 9.59 Å². The second-order valence-electron chi connectivity index (χ2n) is 7.64. The number of methoxy groups -OCH3 is 1. The molecule has 3 aromatic rings. The zero-order valence-corrected chi connectivity index (χ0v) is 17.1. The Morgan fingerprint density at radius 1 is 1.03 bits per heavy atom. The minimum atomic E-state index is -0.500. The normalized spacial score (nSPS) is 15.1. The molecule has 5 rings (SSSR count). The number of nitrogens with zero attached hydrogens (tertiary/aromatic N) is 1. The first-order valence-corrected chi connectivity index (χ1v) is 10.3. The highest BCUT2D eigenvalue weighted by atomic mass is 16.5. The average Bonchev–Trinajstić information content (AvgIpc) is 3.22. The van der Waals surface area contributed by atoms with Gasteiger partial charge in [-0.3, -0.25) is 9.59 Å². The van der Waals surface area contributed by atoms with E-state index in [9.17, 15) is 9.59 Å². The Kier molecular flexibility index (Phi) is 4.82. The fraction of sp³-hybridized carbons (Fsp3) is 0.200. The summed E-state index contributed by atoms with van der Waals surface area (Å²) in [6, 6.07) is 20.5. The number of benzene rings is 3. The van der Waals surface area contributed by atoms with Gasteiger partial charge in [-0.25, -0.2) is 0 Å². The van der Waals surface area contributed by atoms with E-state index in [1.54, 1.807) is 30.2 Å². The Morgan fingerprint density at radius 2 is 1.71 bits per heavy atom. The first kappa shape index (κ1) is 19.2. The molecule has 0 saturated carbocycles. The van der Waals surface area contributed by atoms with Crippen LogP contribution in [0.25, 0.3) is 0 Å². The summed E-state index contributed by atoms with van der Waals surface area (Å²) in [5.41, 5.74) is 2.93. The molecular weight excluding hydrogens is 392 g/mol. The highest BCUT2D eigenvalue weighted by Crippen LogP contribution is 2.44. The molecule has 6 nitrogen and oxygen atoms in total. The highest BCUT2D eigenvalue weighted by Gasteiger charge is 2.33. The van der Waals surface area contributed by atoms with E-state index in [1.807, 2.05) is 48.5 Å². The molecule has 0 aliphatic carbocycles. The molecule has 1 N–H and O–H groups in total. The predicted molar refractivity (Wildman–Crippen MR) is 118 cm³/mol. The first-order valence-electron chi connectivity index (χ1n) is 10.3. The van der Waals surface area contributed by atoms with Gasteiger partial charge in [0.15, 0.2) is 0 Å². The number of hydrogen-bond acceptors (Lipinski definition) is 4. The molecule has 2 heterocycles. The van der Waals surface area contributed by atoms with Crippen LogP contribution >= 0.6 is 0 Å². The van der Waals surface area contributed by atoms with Gasteiger partial charge in [0.2, 0.25) is 11.8 Å². The van der Waals surface area contributed by atoms with Crippen LogP contribution in [0.3, 0.4) is 0 Å². The quantitative estimate of drug-likeness (QED) is 0.672. The predicted octanol–water partition coefficient (Wildman–Crippen LogP) is 4.70. The van der Waals surface area contributed by atoms with Crippen molar-refractivity contribution in [3.8, 4) is 17.2 Å². The first-order chi connectivity index (χ1) is 15.2. The number of para-hydroxylation sites is 2. The summed E-state index contributed by atoms with van der Waals surface area (Å²) in [7, 11) is 1.58. The van der Waals surface area contributed by atoms with Crippen LogP contribution in [0.2, 0.25) is 0 Å². The summed E-state index contributed by atoms with van der Waals surface area (Å²) in [4.78, 5) is 27.4. The van der Waals surface area contributed by atoms with E-state index in [4.69, 9.17) is 9.47 Å². The van der Waals surface area contributed by atoms with Gasteiger partial charge in [-0.15, -0.1) is 0 Å². The highest BCUT2D eigenvalue weighted by molar-refractivity contribution is 6.01. The maximum absolute atomic E-state index is 13.5. The van der Waals surface area contributed by atoms with Crippen LogP contribution < -0.4 is 19.7 Å². The van der Waals surface area contributed by atoms with E-state index in [1.165, 1.54) is 0 Å². The Bertz CT molecular complexity index is 1130. The molecule has 156 valence electrons. The number of anilines is 2. The summed E-state index contributed by atoms with van der Waals surface area (Å²) in [5, 5.41) is 3.04. The molecule has 0 unspecified atom stereocenters. The molecule has 1 fully saturated rings. The number of carbonyl (C=O) groups is 2. The fourth-order valence-electron chi connectivity index (χ4n) is 4.29. The number of amides is 2. The number of carbonyl (C=O) groups excluding carboxylic acids is 2. The molecule has 6 heteroatoms. The third-order valence-corrected chi connectivity index (χ3v) is 5.75. The molecule has 0 aromatic heterocycles. The van der Waals surface area contributed by atoms with E-state index >= 15 is 0 Å². The van der Waals surface area contributed by atoms with E-state index in [0.717, 1.165) is 17.5 Å². The molecule has 2 amide bonds. The summed E-state index contributed by atoms with van der Waals surface area (Å²) in [6.45, 7) is 0.646. The van der Waals surface area contributed by atoms with Crippen molar-refractivity contribution >= 4 is 23.2 Å². The molecule has 0 bridgehead atoms. The molecule has 0 atom stereocenters. The minimum absolute atomic E-state index is 0.0639. The van der Waals surface area contributed by atoms with Crippen LogP contribution in [-0.4, -0.2) is 25.5 Å². The largest absolute Gasteiger partial charge is 0.495 e. The smallest absolute Gasteiger partial charge is 0.236 e. The van der Waals surface area contributed by atoms with Crippen molar-refractivity contribution in [2.75, 3.05) is 23.9 Å². The summed E-state index contributed by atoms with van der Waals surface area (Å²) in [6.07, 6.45) is 1.34. The maximum atomic E-state index is 13.5. The van der Waals surface area contributed by atoms with Crippen molar-refractivity contribution in [2.24, 2.45) is 0 Å². The molecule has 0 spiro atoms. The van der Waals surface area contributed by atoms with Crippen molar-refractivity contribution in [3.05, 3.63) is 77.9 Å². The lowest BCUT2D eigenvalue weighted by atomic mass is 9.87. The van der Waals surface area contributed by atoms with Crippen LogP contribution in [0.4, 0.5) is 11.4 Å². The lowest BCUT2D eigenvalue weighted by molar-refractivity contribution is -0.117. The molecule has 3 aromatic carbocycles. The van der Waals surface area contributed by atoms with Gasteiger partial charge in [-0.05, 0) is 36.8 Å². The Hall–Kier alpha value is -3.80. The fourth-order valence-corrected chi connectivity index (χ4v) is 4.29. The van der Waals surface area contributed by atoms with Gasteiger partial charge in [0.05, 0.1) is 18.7 Å². The Labute approximate surface area is 180 Å². The van der Waals surface area contributed by atoms with Crippen molar-refractivity contribution in [2.45, 2.75) is 18.8 Å². The number of hydrogen-bond donors (Lipinski definition) is 1. The third-order valence-electron chi connectivity index (χ3n) is 5.75. The summed E-state index contributed by atoms with van der Waals surface area (Å²) < 4.78 is 11.4. The van der Waals surface area contributed by atoms with E-state index < -0.39 is 5.92 Å². The van der Waals surface area contributed by atoms with Gasteiger partial charge >= 0.3 is 0 Å². The zero-order chi connectivity index (χ0) is 21.4. The van der Waals surface area contributed by atoms with E-state index in [0.29, 0.717) is 41.6 Å². The van der Waals surface area contributed by atoms with Gasteiger partial charge < -0.3 is 19.7 Å². The zero-order valence-electron chi connectivity index (χ0n) is 17.1. The molecular formula is C25H22N2O4. The van der Waals surface area contributed by atoms with Crippen molar-refractivity contribution in [1.82, 2.24) is 0 Å². The number of nitrogens with one attached hydrogen (secondary N) is 1. The van der Waals surface area contributed by atoms with Gasteiger partial charge in [-0.2, -0.15) is 0 Å². The van der Waals surface area contributed by atoms with Crippen molar-refractivity contribution in [3.63, 3.8) is 0 Å². The van der Waals surface area contributed by atoms with Crippen LogP contribution in [0.1, 0.15) is 29.9 Å². The molecule has 2 aliphatic rings. The van der Waals surface area contributed by atoms with Crippen molar-refractivity contribution in [1.29, 1.82) is 0 Å². The third kappa shape index (κ3) is 3.40. The van der Waals surface area contributed by atoms with Gasteiger partial charge in [0.25, 0.3) is 0 Å². The number of rotatable bonds is 4. The second kappa shape index (κ2) is 7.80. The molecule has 2 aliphatic heterocycles. The minimum Gasteiger partial charge on any atom is -0.495 e. The second-order valence-corrected chi connectivity index (χ2v) is 7.64. The summed E-state index contributed by atoms with van der Waals surface area (Å²) in [5.74, 6) is 1.37. The topological polar surface area (TPSA) is 67.9 Å². The summed E-state index contributed by atoms with van der Waals surface area (Å²) >= 11 is 0.